The molecule has 1 unspecified atom stereocenters. The third-order valence-corrected chi connectivity index (χ3v) is 3.06. The first-order chi connectivity index (χ1) is 10.5. The highest BCUT2D eigenvalue weighted by Crippen LogP contribution is 2.23. The van der Waals surface area contributed by atoms with Crippen LogP contribution in [-0.2, 0) is 23.8 Å². The molecule has 0 aliphatic rings. The van der Waals surface area contributed by atoms with Gasteiger partial charge in [0, 0.05) is 12.5 Å². The molecule has 0 saturated carbocycles. The average Bonchev–Trinajstić information content (AvgIpc) is 2.41. The molecule has 7 nitrogen and oxygen atoms in total. The monoisotopic (exact) mass is 331 g/mol. The lowest BCUT2D eigenvalue weighted by Gasteiger charge is -2.26. The lowest BCUT2D eigenvalue weighted by atomic mass is 9.85. The molecule has 0 bridgehead atoms. The number of amides is 1. The molecule has 134 valence electrons. The van der Waals surface area contributed by atoms with E-state index in [0.29, 0.717) is 6.42 Å². The van der Waals surface area contributed by atoms with Gasteiger partial charge in [-0.1, -0.05) is 13.8 Å². The van der Waals surface area contributed by atoms with E-state index in [1.54, 1.807) is 20.8 Å². The summed E-state index contributed by atoms with van der Waals surface area (Å²) in [7, 11) is 2.43. The van der Waals surface area contributed by atoms with Gasteiger partial charge in [0.25, 0.3) is 0 Å². The van der Waals surface area contributed by atoms with Crippen molar-refractivity contribution < 1.29 is 28.6 Å². The van der Waals surface area contributed by atoms with Gasteiger partial charge in [0.05, 0.1) is 14.2 Å². The van der Waals surface area contributed by atoms with E-state index in [9.17, 15) is 14.4 Å². The summed E-state index contributed by atoms with van der Waals surface area (Å²) in [5, 5.41) is 2.61. The molecule has 0 saturated heterocycles. The number of carbonyl (C=O) groups excluding carboxylic acids is 3. The van der Waals surface area contributed by atoms with Crippen LogP contribution in [0.1, 0.15) is 41.0 Å². The molecule has 0 spiro atoms. The normalized spacial score (nSPS) is 12.7. The molecule has 0 aromatic carbocycles. The number of nitrogens with one attached hydrogen (secondary N) is 1. The van der Waals surface area contributed by atoms with E-state index in [0.717, 1.165) is 0 Å². The van der Waals surface area contributed by atoms with E-state index in [1.165, 1.54) is 14.2 Å². The number of ether oxygens (including phenoxy) is 3. The van der Waals surface area contributed by atoms with Gasteiger partial charge in [-0.2, -0.15) is 0 Å². The van der Waals surface area contributed by atoms with E-state index < -0.39 is 35.5 Å². The van der Waals surface area contributed by atoms with Gasteiger partial charge in [-0.25, -0.2) is 4.79 Å². The minimum absolute atomic E-state index is 0.113. The van der Waals surface area contributed by atoms with Crippen LogP contribution in [0.4, 0.5) is 4.79 Å². The second-order valence-corrected chi connectivity index (χ2v) is 6.80. The summed E-state index contributed by atoms with van der Waals surface area (Å²) < 4.78 is 14.6. The van der Waals surface area contributed by atoms with Crippen LogP contribution < -0.4 is 5.32 Å². The van der Waals surface area contributed by atoms with Crippen LogP contribution in [0, 0.1) is 17.8 Å². The van der Waals surface area contributed by atoms with Gasteiger partial charge in [-0.05, 0) is 33.1 Å². The molecule has 1 amide bonds. The molecule has 0 heterocycles. The van der Waals surface area contributed by atoms with Gasteiger partial charge >= 0.3 is 18.0 Å². The summed E-state index contributed by atoms with van der Waals surface area (Å²) in [5.74, 6) is -2.65. The highest BCUT2D eigenvalue weighted by atomic mass is 16.6. The summed E-state index contributed by atoms with van der Waals surface area (Å²) in [6.07, 6.45) is -0.0512. The van der Waals surface area contributed by atoms with Crippen LogP contribution in [0.2, 0.25) is 0 Å². The van der Waals surface area contributed by atoms with E-state index in [2.05, 4.69) is 5.32 Å². The molecular weight excluding hydrogens is 302 g/mol. The molecule has 23 heavy (non-hydrogen) atoms. The summed E-state index contributed by atoms with van der Waals surface area (Å²) in [6, 6.07) is 0. The van der Waals surface area contributed by atoms with Crippen molar-refractivity contribution in [3.05, 3.63) is 0 Å². The highest BCUT2D eigenvalue weighted by Gasteiger charge is 2.37. The fraction of sp³-hybridized carbons (Fsp3) is 0.812. The van der Waals surface area contributed by atoms with E-state index >= 15 is 0 Å². The van der Waals surface area contributed by atoms with E-state index in [-0.39, 0.29) is 12.5 Å². The van der Waals surface area contributed by atoms with Crippen molar-refractivity contribution in [2.45, 2.75) is 46.6 Å². The smallest absolute Gasteiger partial charge is 0.407 e. The maximum absolute atomic E-state index is 11.9. The summed E-state index contributed by atoms with van der Waals surface area (Å²) in [6.45, 7) is 9.30. The Kier molecular flexibility index (Phi) is 8.64. The molecular formula is C16H29NO6. The minimum Gasteiger partial charge on any atom is -0.468 e. The Morgan fingerprint density at radius 2 is 1.48 bits per heavy atom. The van der Waals surface area contributed by atoms with Crippen LogP contribution >= 0.6 is 0 Å². The lowest BCUT2D eigenvalue weighted by molar-refractivity contribution is -0.161. The van der Waals surface area contributed by atoms with Crippen molar-refractivity contribution in [1.82, 2.24) is 5.32 Å². The Bertz CT molecular complexity index is 397. The number of rotatable bonds is 7. The van der Waals surface area contributed by atoms with Gasteiger partial charge in [-0.15, -0.1) is 0 Å². The third kappa shape index (κ3) is 8.42. The second kappa shape index (κ2) is 9.37. The average molecular weight is 331 g/mol. The van der Waals surface area contributed by atoms with E-state index in [1.807, 2.05) is 13.8 Å². The molecule has 1 N–H and O–H groups in total. The number of methoxy groups -OCH3 is 2. The van der Waals surface area contributed by atoms with Gasteiger partial charge in [0.2, 0.25) is 0 Å². The number of carbonyl (C=O) groups is 3. The molecule has 0 aromatic heterocycles. The Morgan fingerprint density at radius 3 is 1.83 bits per heavy atom. The third-order valence-electron chi connectivity index (χ3n) is 3.06. The molecule has 1 atom stereocenters. The van der Waals surface area contributed by atoms with Crippen molar-refractivity contribution in [2.75, 3.05) is 20.8 Å². The van der Waals surface area contributed by atoms with Crippen LogP contribution in [0.25, 0.3) is 0 Å². The van der Waals surface area contributed by atoms with Crippen molar-refractivity contribution >= 4 is 18.0 Å². The maximum atomic E-state index is 11.9. The zero-order chi connectivity index (χ0) is 18.2. The Morgan fingerprint density at radius 1 is 1.00 bits per heavy atom. The largest absolute Gasteiger partial charge is 0.468 e. The standard InChI is InChI=1S/C16H29NO6/c1-10(2)8-11(9-17-15(20)23-16(3,4)5)12(13(18)21-6)14(19)22-7/h10-12H,8-9H2,1-7H3,(H,17,20). The van der Waals surface area contributed by atoms with Crippen molar-refractivity contribution in [3.63, 3.8) is 0 Å². The summed E-state index contributed by atoms with van der Waals surface area (Å²) in [5.41, 5.74) is -0.623. The topological polar surface area (TPSA) is 90.9 Å². The zero-order valence-corrected chi connectivity index (χ0v) is 15.1. The molecule has 0 radical (unpaired) electrons. The van der Waals surface area contributed by atoms with Gasteiger partial charge in [0.1, 0.15) is 5.60 Å². The quantitative estimate of drug-likeness (QED) is 0.436. The molecule has 0 rings (SSSR count). The number of esters is 2. The second-order valence-electron chi connectivity index (χ2n) is 6.80. The van der Waals surface area contributed by atoms with Crippen molar-refractivity contribution in [1.29, 1.82) is 0 Å². The molecule has 0 aromatic rings. The number of hydrogen-bond acceptors (Lipinski definition) is 6. The SMILES string of the molecule is COC(=O)C(C(=O)OC)C(CNC(=O)OC(C)(C)C)CC(C)C. The minimum atomic E-state index is -1.08. The molecule has 7 heteroatoms. The van der Waals surface area contributed by atoms with Gasteiger partial charge in [0.15, 0.2) is 5.92 Å². The predicted molar refractivity (Wildman–Crippen MR) is 84.7 cm³/mol. The van der Waals surface area contributed by atoms with Gasteiger partial charge < -0.3 is 19.5 Å². The number of hydrogen-bond donors (Lipinski definition) is 1. The Hall–Kier alpha value is -1.79. The first kappa shape index (κ1) is 21.2. The van der Waals surface area contributed by atoms with Crippen LogP contribution in [0.15, 0.2) is 0 Å². The zero-order valence-electron chi connectivity index (χ0n) is 15.1. The van der Waals surface area contributed by atoms with Crippen LogP contribution in [0.3, 0.4) is 0 Å². The lowest BCUT2D eigenvalue weighted by Crippen LogP contribution is -2.42. The molecule has 0 aliphatic heterocycles. The van der Waals surface area contributed by atoms with Crippen molar-refractivity contribution in [3.8, 4) is 0 Å². The number of alkyl carbamates (subject to hydrolysis) is 1. The maximum Gasteiger partial charge on any atom is 0.407 e. The van der Waals surface area contributed by atoms with Crippen LogP contribution in [0.5, 0.6) is 0 Å². The van der Waals surface area contributed by atoms with Gasteiger partial charge in [-0.3, -0.25) is 9.59 Å². The molecule has 0 aliphatic carbocycles. The first-order valence-electron chi connectivity index (χ1n) is 7.64. The fourth-order valence-corrected chi connectivity index (χ4v) is 2.21. The Labute approximate surface area is 138 Å². The highest BCUT2D eigenvalue weighted by molar-refractivity contribution is 5.95. The summed E-state index contributed by atoms with van der Waals surface area (Å²) in [4.78, 5) is 35.7. The van der Waals surface area contributed by atoms with Crippen LogP contribution in [-0.4, -0.2) is 44.4 Å². The van der Waals surface area contributed by atoms with Crippen molar-refractivity contribution in [2.24, 2.45) is 17.8 Å². The Balaban J connectivity index is 5.06. The van der Waals surface area contributed by atoms with E-state index in [4.69, 9.17) is 14.2 Å². The predicted octanol–water partition coefficient (Wildman–Crippen LogP) is 2.14. The summed E-state index contributed by atoms with van der Waals surface area (Å²) >= 11 is 0. The fourth-order valence-electron chi connectivity index (χ4n) is 2.21. The molecule has 0 fully saturated rings. The first-order valence-corrected chi connectivity index (χ1v) is 7.64.